The molecule has 0 bridgehead atoms. The minimum Gasteiger partial charge on any atom is -0.326 e. The molecular formula is C12H17FN2. The molecule has 1 saturated heterocycles. The van der Waals surface area contributed by atoms with Crippen molar-refractivity contribution in [2.75, 3.05) is 13.1 Å². The van der Waals surface area contributed by atoms with Gasteiger partial charge in [-0.05, 0) is 36.6 Å². The molecule has 0 radical (unpaired) electrons. The molecule has 1 aromatic carbocycles. The van der Waals surface area contributed by atoms with Crippen LogP contribution in [0, 0.1) is 12.7 Å². The maximum absolute atomic E-state index is 12.9. The highest BCUT2D eigenvalue weighted by atomic mass is 19.1. The largest absolute Gasteiger partial charge is 0.326 e. The smallest absolute Gasteiger partial charge is 0.123 e. The highest BCUT2D eigenvalue weighted by molar-refractivity contribution is 5.26. The van der Waals surface area contributed by atoms with Crippen LogP contribution in [0.15, 0.2) is 18.2 Å². The lowest BCUT2D eigenvalue weighted by Crippen LogP contribution is -2.26. The van der Waals surface area contributed by atoms with Crippen molar-refractivity contribution < 1.29 is 4.39 Å². The first-order chi connectivity index (χ1) is 7.15. The van der Waals surface area contributed by atoms with Crippen LogP contribution in [0.2, 0.25) is 0 Å². The molecule has 2 nitrogen and oxygen atoms in total. The van der Waals surface area contributed by atoms with Gasteiger partial charge < -0.3 is 5.73 Å². The molecule has 1 heterocycles. The van der Waals surface area contributed by atoms with Crippen LogP contribution in [0.4, 0.5) is 4.39 Å². The molecule has 1 aromatic rings. The van der Waals surface area contributed by atoms with E-state index in [9.17, 15) is 4.39 Å². The van der Waals surface area contributed by atoms with Crippen LogP contribution in [-0.4, -0.2) is 24.0 Å². The zero-order valence-electron chi connectivity index (χ0n) is 9.04. The highest BCUT2D eigenvalue weighted by Gasteiger charge is 2.19. The van der Waals surface area contributed by atoms with Gasteiger partial charge in [0.05, 0.1) is 0 Å². The summed E-state index contributed by atoms with van der Waals surface area (Å²) in [6.07, 6.45) is 1.07. The second-order valence-corrected chi connectivity index (χ2v) is 4.35. The van der Waals surface area contributed by atoms with Crippen LogP contribution in [0.5, 0.6) is 0 Å². The number of nitrogens with two attached hydrogens (primary N) is 1. The zero-order valence-corrected chi connectivity index (χ0v) is 9.04. The van der Waals surface area contributed by atoms with Gasteiger partial charge in [-0.15, -0.1) is 0 Å². The van der Waals surface area contributed by atoms with Crippen LogP contribution in [0.3, 0.4) is 0 Å². The molecule has 1 aliphatic rings. The number of nitrogens with zero attached hydrogens (tertiary/aromatic N) is 1. The maximum Gasteiger partial charge on any atom is 0.123 e. The van der Waals surface area contributed by atoms with Crippen LogP contribution in [0.1, 0.15) is 17.5 Å². The van der Waals surface area contributed by atoms with Crippen molar-refractivity contribution in [3.63, 3.8) is 0 Å². The fourth-order valence-corrected chi connectivity index (χ4v) is 2.08. The SMILES string of the molecule is Cc1cc(F)ccc1CN1CCC(N)C1. The highest BCUT2D eigenvalue weighted by Crippen LogP contribution is 2.16. The molecular weight excluding hydrogens is 191 g/mol. The average Bonchev–Trinajstić information content (AvgIpc) is 2.56. The molecule has 3 heteroatoms. The molecule has 0 saturated carbocycles. The third kappa shape index (κ3) is 2.55. The Kier molecular flexibility index (Phi) is 3.03. The fraction of sp³-hybridized carbons (Fsp3) is 0.500. The standard InChI is InChI=1S/C12H17FN2/c1-9-6-11(13)3-2-10(9)7-15-5-4-12(14)8-15/h2-3,6,12H,4-5,7-8,14H2,1H3. The molecule has 0 aliphatic carbocycles. The van der Waals surface area contributed by atoms with Crippen molar-refractivity contribution in [1.29, 1.82) is 0 Å². The Morgan fingerprint density at radius 2 is 2.33 bits per heavy atom. The molecule has 1 atom stereocenters. The number of halogens is 1. The monoisotopic (exact) mass is 208 g/mol. The maximum atomic E-state index is 12.9. The van der Waals surface area contributed by atoms with Crippen LogP contribution >= 0.6 is 0 Å². The molecule has 1 fully saturated rings. The van der Waals surface area contributed by atoms with E-state index >= 15 is 0 Å². The number of rotatable bonds is 2. The Morgan fingerprint density at radius 3 is 2.93 bits per heavy atom. The van der Waals surface area contributed by atoms with E-state index in [2.05, 4.69) is 4.90 Å². The number of likely N-dealkylation sites (tertiary alicyclic amines) is 1. The summed E-state index contributed by atoms with van der Waals surface area (Å²) in [6, 6.07) is 5.30. The van der Waals surface area contributed by atoms with Gasteiger partial charge in [-0.2, -0.15) is 0 Å². The van der Waals surface area contributed by atoms with Gasteiger partial charge in [0, 0.05) is 25.7 Å². The molecule has 1 unspecified atom stereocenters. The summed E-state index contributed by atoms with van der Waals surface area (Å²) >= 11 is 0. The first-order valence-electron chi connectivity index (χ1n) is 5.38. The minimum atomic E-state index is -0.158. The predicted molar refractivity (Wildman–Crippen MR) is 59.0 cm³/mol. The summed E-state index contributed by atoms with van der Waals surface area (Å²) in [5.74, 6) is -0.158. The molecule has 1 aliphatic heterocycles. The summed E-state index contributed by atoms with van der Waals surface area (Å²) in [6.45, 7) is 4.85. The van der Waals surface area contributed by atoms with Gasteiger partial charge in [-0.3, -0.25) is 4.90 Å². The van der Waals surface area contributed by atoms with E-state index in [0.29, 0.717) is 6.04 Å². The van der Waals surface area contributed by atoms with Gasteiger partial charge in [0.2, 0.25) is 0 Å². The Labute approximate surface area is 89.9 Å². The van der Waals surface area contributed by atoms with Crippen LogP contribution in [-0.2, 0) is 6.54 Å². The number of benzene rings is 1. The van der Waals surface area contributed by atoms with Gasteiger partial charge in [-0.25, -0.2) is 4.39 Å². The third-order valence-corrected chi connectivity index (χ3v) is 3.01. The van der Waals surface area contributed by atoms with Crippen molar-refractivity contribution in [2.24, 2.45) is 5.73 Å². The third-order valence-electron chi connectivity index (χ3n) is 3.01. The molecule has 15 heavy (non-hydrogen) atoms. The summed E-state index contributed by atoms with van der Waals surface area (Å²) in [7, 11) is 0. The summed E-state index contributed by atoms with van der Waals surface area (Å²) in [5.41, 5.74) is 8.06. The molecule has 2 N–H and O–H groups in total. The van der Waals surface area contributed by atoms with Gasteiger partial charge in [-0.1, -0.05) is 6.07 Å². The van der Waals surface area contributed by atoms with Crippen molar-refractivity contribution in [2.45, 2.75) is 25.9 Å². The van der Waals surface area contributed by atoms with Crippen molar-refractivity contribution in [3.8, 4) is 0 Å². The Morgan fingerprint density at radius 1 is 1.53 bits per heavy atom. The van der Waals surface area contributed by atoms with Crippen LogP contribution < -0.4 is 5.73 Å². The Hall–Kier alpha value is -0.930. The number of hydrogen-bond donors (Lipinski definition) is 1. The van der Waals surface area contributed by atoms with E-state index in [4.69, 9.17) is 5.73 Å². The minimum absolute atomic E-state index is 0.158. The first kappa shape index (κ1) is 10.6. The van der Waals surface area contributed by atoms with E-state index in [-0.39, 0.29) is 5.82 Å². The first-order valence-corrected chi connectivity index (χ1v) is 5.38. The van der Waals surface area contributed by atoms with Crippen molar-refractivity contribution >= 4 is 0 Å². The van der Waals surface area contributed by atoms with Crippen molar-refractivity contribution in [3.05, 3.63) is 35.1 Å². The lowest BCUT2D eigenvalue weighted by Gasteiger charge is -2.16. The molecule has 0 aromatic heterocycles. The molecule has 0 amide bonds. The van der Waals surface area contributed by atoms with Gasteiger partial charge in [0.15, 0.2) is 0 Å². The van der Waals surface area contributed by atoms with E-state index < -0.39 is 0 Å². The van der Waals surface area contributed by atoms with Gasteiger partial charge in [0.1, 0.15) is 5.82 Å². The Bertz CT molecular complexity index is 351. The fourth-order valence-electron chi connectivity index (χ4n) is 2.08. The number of aryl methyl sites for hydroxylation is 1. The predicted octanol–water partition coefficient (Wildman–Crippen LogP) is 1.67. The van der Waals surface area contributed by atoms with Gasteiger partial charge >= 0.3 is 0 Å². The van der Waals surface area contributed by atoms with E-state index in [1.807, 2.05) is 13.0 Å². The second kappa shape index (κ2) is 4.29. The zero-order chi connectivity index (χ0) is 10.8. The average molecular weight is 208 g/mol. The van der Waals surface area contributed by atoms with Crippen molar-refractivity contribution in [1.82, 2.24) is 4.90 Å². The summed E-state index contributed by atoms with van der Waals surface area (Å²) in [4.78, 5) is 2.32. The lowest BCUT2D eigenvalue weighted by atomic mass is 10.1. The van der Waals surface area contributed by atoms with Crippen LogP contribution in [0.25, 0.3) is 0 Å². The van der Waals surface area contributed by atoms with E-state index in [1.54, 1.807) is 6.07 Å². The summed E-state index contributed by atoms with van der Waals surface area (Å²) in [5, 5.41) is 0. The lowest BCUT2D eigenvalue weighted by molar-refractivity contribution is 0.326. The molecule has 0 spiro atoms. The molecule has 2 rings (SSSR count). The topological polar surface area (TPSA) is 29.3 Å². The van der Waals surface area contributed by atoms with E-state index in [0.717, 1.165) is 31.6 Å². The number of hydrogen-bond acceptors (Lipinski definition) is 2. The summed E-state index contributed by atoms with van der Waals surface area (Å²) < 4.78 is 12.9. The Balaban J connectivity index is 2.04. The van der Waals surface area contributed by atoms with Gasteiger partial charge in [0.25, 0.3) is 0 Å². The van der Waals surface area contributed by atoms with E-state index in [1.165, 1.54) is 11.6 Å². The quantitative estimate of drug-likeness (QED) is 0.801. The molecule has 82 valence electrons. The second-order valence-electron chi connectivity index (χ2n) is 4.35. The normalized spacial score (nSPS) is 22.2.